The number of primary sulfonamides is 1. The van der Waals surface area contributed by atoms with E-state index in [1.165, 1.54) is 6.20 Å². The van der Waals surface area contributed by atoms with Crippen LogP contribution in [0.25, 0.3) is 0 Å². The number of nitrogens with two attached hydrogens (primary N) is 1. The van der Waals surface area contributed by atoms with Gasteiger partial charge in [0.25, 0.3) is 10.0 Å². The van der Waals surface area contributed by atoms with E-state index in [2.05, 4.69) is 4.98 Å². The molecule has 2 N–H and O–H groups in total. The molecule has 0 aliphatic rings. The maximum atomic E-state index is 11.4. The van der Waals surface area contributed by atoms with Gasteiger partial charge in [-0.05, 0) is 30.2 Å². The number of benzene rings is 1. The van der Waals surface area contributed by atoms with E-state index < -0.39 is 10.0 Å². The van der Waals surface area contributed by atoms with Crippen LogP contribution >= 0.6 is 23.2 Å². The molecule has 0 aliphatic carbocycles. The molecule has 0 aliphatic heterocycles. The van der Waals surface area contributed by atoms with Gasteiger partial charge in [-0.2, -0.15) is 0 Å². The lowest BCUT2D eigenvalue weighted by Gasteiger charge is -2.09. The Hall–Kier alpha value is -1.08. The first-order valence-corrected chi connectivity index (χ1v) is 8.64. The first-order chi connectivity index (χ1) is 9.81. The van der Waals surface area contributed by atoms with Crippen molar-refractivity contribution >= 4 is 33.2 Å². The second-order valence-electron chi connectivity index (χ2n) is 4.65. The summed E-state index contributed by atoms with van der Waals surface area (Å²) in [4.78, 5) is 4.09. The molecule has 8 heteroatoms. The minimum Gasteiger partial charge on any atom is -0.329 e. The highest BCUT2D eigenvalue weighted by molar-refractivity contribution is 7.89. The van der Waals surface area contributed by atoms with E-state index in [0.29, 0.717) is 28.8 Å². The number of nitrogens with zero attached hydrogens (tertiary/aromatic N) is 2. The fourth-order valence-electron chi connectivity index (χ4n) is 1.97. The van der Waals surface area contributed by atoms with Gasteiger partial charge in [0.05, 0.1) is 6.54 Å². The van der Waals surface area contributed by atoms with E-state index in [1.807, 2.05) is 6.92 Å². The van der Waals surface area contributed by atoms with Gasteiger partial charge >= 0.3 is 0 Å². The maximum absolute atomic E-state index is 11.4. The highest BCUT2D eigenvalue weighted by Gasteiger charge is 2.16. The summed E-state index contributed by atoms with van der Waals surface area (Å²) in [5, 5.41) is 6.13. The molecule has 0 saturated heterocycles. The van der Waals surface area contributed by atoms with E-state index in [4.69, 9.17) is 28.3 Å². The van der Waals surface area contributed by atoms with Crippen LogP contribution in [0, 0.1) is 0 Å². The average molecular weight is 348 g/mol. The standard InChI is InChI=1S/C13H15Cl2N3O2S/c1-2-3-12-17-13(21(16,19)20)8-18(12)7-9-6-10(14)4-5-11(9)15/h4-6,8H,2-3,7H2,1H3,(H2,16,19,20). The summed E-state index contributed by atoms with van der Waals surface area (Å²) in [6, 6.07) is 5.15. The molecular formula is C13H15Cl2N3O2S. The van der Waals surface area contributed by atoms with Gasteiger partial charge in [0.15, 0.2) is 5.03 Å². The molecule has 0 spiro atoms. The normalized spacial score (nSPS) is 11.8. The molecule has 2 rings (SSSR count). The van der Waals surface area contributed by atoms with Crippen molar-refractivity contribution in [3.05, 3.63) is 45.8 Å². The van der Waals surface area contributed by atoms with Gasteiger partial charge < -0.3 is 4.57 Å². The van der Waals surface area contributed by atoms with Crippen molar-refractivity contribution in [3.8, 4) is 0 Å². The highest BCUT2D eigenvalue weighted by atomic mass is 35.5. The molecule has 1 aromatic carbocycles. The minimum atomic E-state index is -3.82. The van der Waals surface area contributed by atoms with E-state index in [-0.39, 0.29) is 5.03 Å². The zero-order chi connectivity index (χ0) is 15.6. The Kier molecular flexibility index (Phi) is 4.93. The molecule has 0 saturated carbocycles. The van der Waals surface area contributed by atoms with E-state index in [1.54, 1.807) is 22.8 Å². The third kappa shape index (κ3) is 3.97. The SMILES string of the molecule is CCCc1nc(S(N)(=O)=O)cn1Cc1cc(Cl)ccc1Cl. The van der Waals surface area contributed by atoms with Crippen LogP contribution in [0.3, 0.4) is 0 Å². The summed E-state index contributed by atoms with van der Waals surface area (Å²) < 4.78 is 24.6. The van der Waals surface area contributed by atoms with Crippen LogP contribution in [-0.2, 0) is 23.0 Å². The number of imidazole rings is 1. The number of sulfonamides is 1. The molecule has 0 atom stereocenters. The molecule has 2 aromatic rings. The van der Waals surface area contributed by atoms with Crippen LogP contribution in [0.1, 0.15) is 24.7 Å². The Bertz CT molecular complexity index is 757. The average Bonchev–Trinajstić information content (AvgIpc) is 2.78. The predicted molar refractivity (Wildman–Crippen MR) is 83.2 cm³/mol. The van der Waals surface area contributed by atoms with Crippen molar-refractivity contribution < 1.29 is 8.42 Å². The zero-order valence-corrected chi connectivity index (χ0v) is 13.7. The number of hydrogen-bond acceptors (Lipinski definition) is 3. The number of hydrogen-bond donors (Lipinski definition) is 1. The fourth-order valence-corrected chi connectivity index (χ4v) is 2.85. The second-order valence-corrected chi connectivity index (χ2v) is 7.01. The number of rotatable bonds is 5. The Balaban J connectivity index is 2.43. The zero-order valence-electron chi connectivity index (χ0n) is 11.4. The quantitative estimate of drug-likeness (QED) is 0.902. The van der Waals surface area contributed by atoms with Crippen LogP contribution in [0.2, 0.25) is 10.0 Å². The summed E-state index contributed by atoms with van der Waals surface area (Å²) in [7, 11) is -3.82. The number of aromatic nitrogens is 2. The summed E-state index contributed by atoms with van der Waals surface area (Å²) in [6.45, 7) is 2.37. The van der Waals surface area contributed by atoms with Crippen molar-refractivity contribution in [1.29, 1.82) is 0 Å². The third-order valence-electron chi connectivity index (χ3n) is 2.95. The Morgan fingerprint density at radius 1 is 1.33 bits per heavy atom. The summed E-state index contributed by atoms with van der Waals surface area (Å²) >= 11 is 12.1. The van der Waals surface area contributed by atoms with Crippen LogP contribution < -0.4 is 5.14 Å². The summed E-state index contributed by atoms with van der Waals surface area (Å²) in [5.74, 6) is 0.651. The molecule has 21 heavy (non-hydrogen) atoms. The molecule has 0 bridgehead atoms. The molecule has 0 radical (unpaired) electrons. The molecule has 0 unspecified atom stereocenters. The lowest BCUT2D eigenvalue weighted by atomic mass is 10.2. The Labute approximate surface area is 133 Å². The first kappa shape index (κ1) is 16.3. The van der Waals surface area contributed by atoms with Gasteiger partial charge in [-0.1, -0.05) is 30.1 Å². The van der Waals surface area contributed by atoms with Gasteiger partial charge in [0, 0.05) is 22.7 Å². The van der Waals surface area contributed by atoms with Crippen molar-refractivity contribution in [3.63, 3.8) is 0 Å². The lowest BCUT2D eigenvalue weighted by Crippen LogP contribution is -2.12. The monoisotopic (exact) mass is 347 g/mol. The largest absolute Gasteiger partial charge is 0.329 e. The molecule has 114 valence electrons. The van der Waals surface area contributed by atoms with Crippen LogP contribution in [-0.4, -0.2) is 18.0 Å². The van der Waals surface area contributed by atoms with Gasteiger partial charge in [-0.3, -0.25) is 0 Å². The van der Waals surface area contributed by atoms with Crippen LogP contribution in [0.5, 0.6) is 0 Å². The summed E-state index contributed by atoms with van der Waals surface area (Å²) in [5.41, 5.74) is 0.792. The van der Waals surface area contributed by atoms with E-state index in [0.717, 1.165) is 12.0 Å². The third-order valence-corrected chi connectivity index (χ3v) is 4.33. The van der Waals surface area contributed by atoms with Gasteiger partial charge in [0.2, 0.25) is 0 Å². The van der Waals surface area contributed by atoms with Crippen LogP contribution in [0.15, 0.2) is 29.4 Å². The second kappa shape index (κ2) is 6.36. The van der Waals surface area contributed by atoms with E-state index in [9.17, 15) is 8.42 Å². The van der Waals surface area contributed by atoms with Crippen molar-refractivity contribution in [1.82, 2.24) is 9.55 Å². The first-order valence-electron chi connectivity index (χ1n) is 6.34. The lowest BCUT2D eigenvalue weighted by molar-refractivity contribution is 0.594. The molecule has 5 nitrogen and oxygen atoms in total. The Morgan fingerprint density at radius 2 is 2.05 bits per heavy atom. The van der Waals surface area contributed by atoms with Gasteiger partial charge in [-0.15, -0.1) is 0 Å². The van der Waals surface area contributed by atoms with Gasteiger partial charge in [-0.25, -0.2) is 18.5 Å². The topological polar surface area (TPSA) is 78.0 Å². The molecule has 1 aromatic heterocycles. The van der Waals surface area contributed by atoms with Crippen molar-refractivity contribution in [2.75, 3.05) is 0 Å². The fraction of sp³-hybridized carbons (Fsp3) is 0.308. The van der Waals surface area contributed by atoms with Crippen molar-refractivity contribution in [2.24, 2.45) is 5.14 Å². The molecule has 0 fully saturated rings. The summed E-state index contributed by atoms with van der Waals surface area (Å²) in [6.07, 6.45) is 2.91. The molecular weight excluding hydrogens is 333 g/mol. The highest BCUT2D eigenvalue weighted by Crippen LogP contribution is 2.22. The van der Waals surface area contributed by atoms with Crippen LogP contribution in [0.4, 0.5) is 0 Å². The van der Waals surface area contributed by atoms with Crippen molar-refractivity contribution in [2.45, 2.75) is 31.3 Å². The maximum Gasteiger partial charge on any atom is 0.257 e. The predicted octanol–water partition coefficient (Wildman–Crippen LogP) is 2.84. The number of aryl methyl sites for hydroxylation is 1. The minimum absolute atomic E-state index is 0.135. The van der Waals surface area contributed by atoms with E-state index >= 15 is 0 Å². The molecule has 1 heterocycles. The smallest absolute Gasteiger partial charge is 0.257 e. The Morgan fingerprint density at radius 3 is 2.67 bits per heavy atom. The van der Waals surface area contributed by atoms with Gasteiger partial charge in [0.1, 0.15) is 5.82 Å². The number of halogens is 2. The molecule has 0 amide bonds.